The number of hydrogen-bond donors (Lipinski definition) is 2. The van der Waals surface area contributed by atoms with Gasteiger partial charge in [0.2, 0.25) is 11.8 Å². The normalized spacial score (nSPS) is 11.1. The van der Waals surface area contributed by atoms with Crippen LogP contribution >= 0.6 is 34.7 Å². The standard InChI is InChI=1S/C20H21ClN6O2S2/c1-3-27-16(10-22-17(28)9-8-14-6-4-5-7-15(14)21)25-26-20(27)31-12-18(29)24-19-23-13(2)11-30-19/h4-9,11H,3,10,12H2,1-2H3,(H,22,28)(H,23,24,29)/b9-8+. The van der Waals surface area contributed by atoms with Gasteiger partial charge in [-0.3, -0.25) is 9.59 Å². The van der Waals surface area contributed by atoms with Crippen molar-refractivity contribution in [3.8, 4) is 0 Å². The van der Waals surface area contributed by atoms with Gasteiger partial charge < -0.3 is 15.2 Å². The number of anilines is 1. The Morgan fingerprint density at radius 1 is 1.29 bits per heavy atom. The Kier molecular flexibility index (Phi) is 8.21. The number of nitrogens with one attached hydrogen (secondary N) is 2. The van der Waals surface area contributed by atoms with Crippen molar-refractivity contribution in [3.63, 3.8) is 0 Å². The highest BCUT2D eigenvalue weighted by Gasteiger charge is 2.14. The number of aryl methyl sites for hydroxylation is 1. The van der Waals surface area contributed by atoms with Gasteiger partial charge in [-0.05, 0) is 31.6 Å². The van der Waals surface area contributed by atoms with E-state index in [9.17, 15) is 9.59 Å². The van der Waals surface area contributed by atoms with Crippen molar-refractivity contribution < 1.29 is 9.59 Å². The minimum Gasteiger partial charge on any atom is -0.345 e. The van der Waals surface area contributed by atoms with Gasteiger partial charge in [0.25, 0.3) is 0 Å². The molecule has 0 aliphatic rings. The Bertz CT molecular complexity index is 1100. The Balaban J connectivity index is 1.52. The number of hydrogen-bond acceptors (Lipinski definition) is 7. The number of benzene rings is 1. The molecule has 0 radical (unpaired) electrons. The van der Waals surface area contributed by atoms with Crippen LogP contribution < -0.4 is 10.6 Å². The molecule has 162 valence electrons. The highest BCUT2D eigenvalue weighted by atomic mass is 35.5. The lowest BCUT2D eigenvalue weighted by molar-refractivity contribution is -0.116. The van der Waals surface area contributed by atoms with Gasteiger partial charge in [-0.2, -0.15) is 0 Å². The van der Waals surface area contributed by atoms with Crippen molar-refractivity contribution in [2.45, 2.75) is 32.1 Å². The topological polar surface area (TPSA) is 102 Å². The van der Waals surface area contributed by atoms with E-state index in [1.165, 1.54) is 29.2 Å². The lowest BCUT2D eigenvalue weighted by Gasteiger charge is -2.07. The lowest BCUT2D eigenvalue weighted by Crippen LogP contribution is -2.22. The first-order valence-corrected chi connectivity index (χ1v) is 11.7. The molecule has 8 nitrogen and oxygen atoms in total. The molecule has 0 fully saturated rings. The largest absolute Gasteiger partial charge is 0.345 e. The molecule has 2 N–H and O–H groups in total. The lowest BCUT2D eigenvalue weighted by atomic mass is 10.2. The van der Waals surface area contributed by atoms with E-state index in [2.05, 4.69) is 25.8 Å². The molecule has 0 unspecified atom stereocenters. The van der Waals surface area contributed by atoms with Crippen molar-refractivity contribution in [1.29, 1.82) is 0 Å². The predicted molar refractivity (Wildman–Crippen MR) is 124 cm³/mol. The number of rotatable bonds is 9. The van der Waals surface area contributed by atoms with E-state index in [0.717, 1.165) is 11.3 Å². The summed E-state index contributed by atoms with van der Waals surface area (Å²) < 4.78 is 1.86. The number of amides is 2. The van der Waals surface area contributed by atoms with Crippen LogP contribution in [0.5, 0.6) is 0 Å². The maximum atomic E-state index is 12.1. The molecule has 0 saturated heterocycles. The minimum atomic E-state index is -0.266. The van der Waals surface area contributed by atoms with E-state index in [0.29, 0.717) is 27.7 Å². The van der Waals surface area contributed by atoms with Crippen LogP contribution in [-0.4, -0.2) is 37.3 Å². The van der Waals surface area contributed by atoms with Crippen LogP contribution in [0.4, 0.5) is 5.13 Å². The average Bonchev–Trinajstić information content (AvgIpc) is 3.35. The zero-order chi connectivity index (χ0) is 22.2. The third-order valence-corrected chi connectivity index (χ3v) is 6.23. The van der Waals surface area contributed by atoms with E-state index in [-0.39, 0.29) is 24.1 Å². The number of nitrogens with zero attached hydrogens (tertiary/aromatic N) is 4. The molecular weight excluding hydrogens is 456 g/mol. The van der Waals surface area contributed by atoms with Gasteiger partial charge in [0, 0.05) is 23.0 Å². The van der Waals surface area contributed by atoms with Crippen molar-refractivity contribution in [2.24, 2.45) is 0 Å². The fourth-order valence-corrected chi connectivity index (χ4v) is 4.30. The average molecular weight is 477 g/mol. The first kappa shape index (κ1) is 23.0. The molecular formula is C20H21ClN6O2S2. The summed E-state index contributed by atoms with van der Waals surface area (Å²) in [5.74, 6) is 0.367. The number of thiazole rings is 1. The highest BCUT2D eigenvalue weighted by Crippen LogP contribution is 2.19. The molecule has 2 amide bonds. The van der Waals surface area contributed by atoms with E-state index in [1.807, 2.05) is 42.0 Å². The van der Waals surface area contributed by atoms with Gasteiger partial charge in [0.1, 0.15) is 0 Å². The van der Waals surface area contributed by atoms with Crippen LogP contribution in [0.1, 0.15) is 24.0 Å². The maximum absolute atomic E-state index is 12.1. The summed E-state index contributed by atoms with van der Waals surface area (Å²) in [6, 6.07) is 7.27. The van der Waals surface area contributed by atoms with Crippen LogP contribution in [0.3, 0.4) is 0 Å². The molecule has 31 heavy (non-hydrogen) atoms. The third kappa shape index (κ3) is 6.65. The Morgan fingerprint density at radius 3 is 2.81 bits per heavy atom. The molecule has 2 aromatic heterocycles. The molecule has 0 spiro atoms. The zero-order valence-electron chi connectivity index (χ0n) is 17.0. The number of carbonyl (C=O) groups excluding carboxylic acids is 2. The molecule has 0 aliphatic carbocycles. The summed E-state index contributed by atoms with van der Waals surface area (Å²) in [5.41, 5.74) is 1.63. The Hall–Kier alpha value is -2.69. The van der Waals surface area contributed by atoms with Crippen molar-refractivity contribution in [3.05, 3.63) is 57.8 Å². The summed E-state index contributed by atoms with van der Waals surface area (Å²) in [6.45, 7) is 4.66. The van der Waals surface area contributed by atoms with Gasteiger partial charge in [-0.25, -0.2) is 4.98 Å². The van der Waals surface area contributed by atoms with Crippen LogP contribution in [0.25, 0.3) is 6.08 Å². The van der Waals surface area contributed by atoms with Crippen molar-refractivity contribution >= 4 is 57.7 Å². The minimum absolute atomic E-state index is 0.162. The van der Waals surface area contributed by atoms with Crippen LogP contribution in [0.2, 0.25) is 5.02 Å². The molecule has 3 aromatic rings. The van der Waals surface area contributed by atoms with Crippen molar-refractivity contribution in [1.82, 2.24) is 25.1 Å². The first-order chi connectivity index (χ1) is 15.0. The first-order valence-electron chi connectivity index (χ1n) is 9.43. The fourth-order valence-electron chi connectivity index (χ4n) is 2.57. The Labute approximate surface area is 193 Å². The predicted octanol–water partition coefficient (Wildman–Crippen LogP) is 3.78. The monoisotopic (exact) mass is 476 g/mol. The van der Waals surface area contributed by atoms with Crippen LogP contribution in [0, 0.1) is 6.92 Å². The zero-order valence-corrected chi connectivity index (χ0v) is 19.4. The maximum Gasteiger partial charge on any atom is 0.244 e. The van der Waals surface area contributed by atoms with Gasteiger partial charge in [0.05, 0.1) is 18.0 Å². The van der Waals surface area contributed by atoms with Gasteiger partial charge in [-0.1, -0.05) is 41.6 Å². The molecule has 11 heteroatoms. The molecule has 3 rings (SSSR count). The molecule has 2 heterocycles. The van der Waals surface area contributed by atoms with E-state index in [4.69, 9.17) is 11.6 Å². The van der Waals surface area contributed by atoms with Gasteiger partial charge in [-0.15, -0.1) is 21.5 Å². The number of aromatic nitrogens is 4. The molecule has 0 saturated carbocycles. The number of carbonyl (C=O) groups is 2. The van der Waals surface area contributed by atoms with Crippen LogP contribution in [0.15, 0.2) is 40.9 Å². The van der Waals surface area contributed by atoms with E-state index < -0.39 is 0 Å². The highest BCUT2D eigenvalue weighted by molar-refractivity contribution is 7.99. The van der Waals surface area contributed by atoms with E-state index in [1.54, 1.807) is 12.1 Å². The summed E-state index contributed by atoms with van der Waals surface area (Å²) in [4.78, 5) is 28.5. The summed E-state index contributed by atoms with van der Waals surface area (Å²) in [5, 5.41) is 17.5. The number of halogens is 1. The molecule has 1 aromatic carbocycles. The fraction of sp³-hybridized carbons (Fsp3) is 0.250. The summed E-state index contributed by atoms with van der Waals surface area (Å²) >= 11 is 8.75. The van der Waals surface area contributed by atoms with Crippen molar-refractivity contribution in [2.75, 3.05) is 11.1 Å². The molecule has 0 atom stereocenters. The third-order valence-electron chi connectivity index (χ3n) is 4.05. The second-order valence-corrected chi connectivity index (χ2v) is 8.55. The van der Waals surface area contributed by atoms with Gasteiger partial charge >= 0.3 is 0 Å². The van der Waals surface area contributed by atoms with Crippen LogP contribution in [-0.2, 0) is 22.7 Å². The molecule has 0 bridgehead atoms. The Morgan fingerprint density at radius 2 is 2.10 bits per heavy atom. The van der Waals surface area contributed by atoms with Gasteiger partial charge in [0.15, 0.2) is 16.1 Å². The quantitative estimate of drug-likeness (QED) is 0.360. The smallest absolute Gasteiger partial charge is 0.244 e. The molecule has 0 aliphatic heterocycles. The number of thioether (sulfide) groups is 1. The second kappa shape index (κ2) is 11.1. The second-order valence-electron chi connectivity index (χ2n) is 6.35. The summed E-state index contributed by atoms with van der Waals surface area (Å²) in [7, 11) is 0. The SMILES string of the molecule is CCn1c(CNC(=O)/C=C/c2ccccc2Cl)nnc1SCC(=O)Nc1nc(C)cs1. The van der Waals surface area contributed by atoms with E-state index >= 15 is 0 Å². The summed E-state index contributed by atoms with van der Waals surface area (Å²) in [6.07, 6.45) is 3.08.